The van der Waals surface area contributed by atoms with E-state index in [1.54, 1.807) is 18.3 Å². The molecule has 0 spiro atoms. The molecule has 1 aliphatic heterocycles. The van der Waals surface area contributed by atoms with Crippen molar-refractivity contribution in [1.29, 1.82) is 0 Å². The van der Waals surface area contributed by atoms with Gasteiger partial charge in [0, 0.05) is 42.4 Å². The second kappa shape index (κ2) is 7.87. The first-order valence-electron chi connectivity index (χ1n) is 8.87. The van der Waals surface area contributed by atoms with Crippen LogP contribution in [0.4, 0.5) is 4.39 Å². The van der Waals surface area contributed by atoms with Gasteiger partial charge >= 0.3 is 0 Å². The molecule has 1 unspecified atom stereocenters. The fourth-order valence-corrected chi connectivity index (χ4v) is 3.44. The highest BCUT2D eigenvalue weighted by molar-refractivity contribution is 6.14. The van der Waals surface area contributed by atoms with Crippen LogP contribution in [0, 0.1) is 11.7 Å². The van der Waals surface area contributed by atoms with Crippen LogP contribution in [-0.4, -0.2) is 42.0 Å². The number of aliphatic imine (C=N–C) groups is 1. The Kier molecular flexibility index (Phi) is 5.57. The van der Waals surface area contributed by atoms with Crippen molar-refractivity contribution >= 4 is 11.5 Å². The first-order valence-corrected chi connectivity index (χ1v) is 8.87. The van der Waals surface area contributed by atoms with Crippen molar-refractivity contribution in [3.8, 4) is 0 Å². The number of ketones is 1. The van der Waals surface area contributed by atoms with Crippen molar-refractivity contribution in [2.24, 2.45) is 10.9 Å². The molecule has 3 rings (SSSR count). The molecule has 0 saturated heterocycles. The fourth-order valence-electron chi connectivity index (χ4n) is 3.44. The molecule has 1 aromatic heterocycles. The van der Waals surface area contributed by atoms with Crippen LogP contribution in [0.1, 0.15) is 35.7 Å². The van der Waals surface area contributed by atoms with Crippen molar-refractivity contribution in [3.05, 3.63) is 64.7 Å². The molecule has 0 N–H and O–H groups in total. The number of nitrogens with zero attached hydrogens (tertiary/aromatic N) is 3. The normalized spacial score (nSPS) is 14.3. The van der Waals surface area contributed by atoms with Gasteiger partial charge < -0.3 is 4.90 Å². The predicted molar refractivity (Wildman–Crippen MR) is 101 cm³/mol. The van der Waals surface area contributed by atoms with Gasteiger partial charge in [0.1, 0.15) is 11.6 Å². The average molecular weight is 353 g/mol. The number of rotatable bonds is 7. The molecular formula is C21H24FN3O. The molecule has 0 saturated carbocycles. The molecule has 26 heavy (non-hydrogen) atoms. The van der Waals surface area contributed by atoms with Gasteiger partial charge in [0.05, 0.1) is 12.3 Å². The van der Waals surface area contributed by atoms with Crippen LogP contribution in [0.2, 0.25) is 0 Å². The van der Waals surface area contributed by atoms with Crippen molar-refractivity contribution < 1.29 is 9.18 Å². The standard InChI is InChI=1S/C21H24FN3O/c1-14(13-25(2)3)8-19(26)10-18-9-16-11-24-21(20(16)12-23-18)15-4-6-17(22)7-5-15/h4-7,9,12,14H,8,10-11,13H2,1-3H3. The average Bonchev–Trinajstić information content (AvgIpc) is 2.97. The lowest BCUT2D eigenvalue weighted by Gasteiger charge is -2.16. The second-order valence-electron chi connectivity index (χ2n) is 7.29. The van der Waals surface area contributed by atoms with Gasteiger partial charge in [-0.1, -0.05) is 6.92 Å². The minimum absolute atomic E-state index is 0.212. The summed E-state index contributed by atoms with van der Waals surface area (Å²) < 4.78 is 13.1. The first-order chi connectivity index (χ1) is 12.4. The summed E-state index contributed by atoms with van der Waals surface area (Å²) in [7, 11) is 4.03. The van der Waals surface area contributed by atoms with Gasteiger partial charge in [-0.2, -0.15) is 0 Å². The maximum atomic E-state index is 13.1. The van der Waals surface area contributed by atoms with Crippen molar-refractivity contribution in [2.45, 2.75) is 26.3 Å². The predicted octanol–water partition coefficient (Wildman–Crippen LogP) is 3.27. The molecule has 5 heteroatoms. The van der Waals surface area contributed by atoms with Crippen LogP contribution in [0.3, 0.4) is 0 Å². The molecule has 0 aliphatic carbocycles. The fraction of sp³-hybridized carbons (Fsp3) is 0.381. The van der Waals surface area contributed by atoms with Gasteiger partial charge in [-0.3, -0.25) is 14.8 Å². The quantitative estimate of drug-likeness (QED) is 0.767. The molecule has 0 fully saturated rings. The molecular weight excluding hydrogens is 329 g/mol. The number of benzene rings is 1. The zero-order chi connectivity index (χ0) is 18.7. The molecule has 2 aromatic rings. The number of pyridine rings is 1. The Hall–Kier alpha value is -2.40. The summed E-state index contributed by atoms with van der Waals surface area (Å²) in [6.07, 6.45) is 2.71. The summed E-state index contributed by atoms with van der Waals surface area (Å²) in [6, 6.07) is 8.31. The number of aromatic nitrogens is 1. The maximum absolute atomic E-state index is 13.1. The Morgan fingerprint density at radius 1 is 1.27 bits per heavy atom. The monoisotopic (exact) mass is 353 g/mol. The van der Waals surface area contributed by atoms with Crippen LogP contribution >= 0.6 is 0 Å². The largest absolute Gasteiger partial charge is 0.309 e. The van der Waals surface area contributed by atoms with Crippen molar-refractivity contribution in [1.82, 2.24) is 9.88 Å². The first kappa shape index (κ1) is 18.4. The molecule has 1 aromatic carbocycles. The highest BCUT2D eigenvalue weighted by Gasteiger charge is 2.19. The summed E-state index contributed by atoms with van der Waals surface area (Å²) in [5.41, 5.74) is 4.55. The zero-order valence-corrected chi connectivity index (χ0v) is 15.5. The molecule has 0 amide bonds. The lowest BCUT2D eigenvalue weighted by molar-refractivity contribution is -0.119. The van der Waals surface area contributed by atoms with E-state index in [0.29, 0.717) is 25.3 Å². The Labute approximate surface area is 153 Å². The SMILES string of the molecule is CC(CC(=O)Cc1cc2c(cn1)C(c1ccc(F)cc1)=NC2)CN(C)C. The van der Waals surface area contributed by atoms with E-state index in [-0.39, 0.29) is 11.6 Å². The lowest BCUT2D eigenvalue weighted by Crippen LogP contribution is -2.22. The van der Waals surface area contributed by atoms with Gasteiger partial charge in [-0.05, 0) is 55.9 Å². The Balaban J connectivity index is 1.67. The number of carbonyl (C=O) groups excluding carboxylic acids is 1. The zero-order valence-electron chi connectivity index (χ0n) is 15.5. The third kappa shape index (κ3) is 4.41. The topological polar surface area (TPSA) is 45.6 Å². The molecule has 1 aliphatic rings. The lowest BCUT2D eigenvalue weighted by atomic mass is 9.98. The number of hydrogen-bond acceptors (Lipinski definition) is 4. The summed E-state index contributed by atoms with van der Waals surface area (Å²) >= 11 is 0. The highest BCUT2D eigenvalue weighted by Crippen LogP contribution is 2.23. The minimum Gasteiger partial charge on any atom is -0.309 e. The molecule has 1 atom stereocenters. The van der Waals surface area contributed by atoms with E-state index in [1.807, 2.05) is 20.2 Å². The van der Waals surface area contributed by atoms with Gasteiger partial charge in [0.25, 0.3) is 0 Å². The van der Waals surface area contributed by atoms with Gasteiger partial charge in [0.2, 0.25) is 0 Å². The van der Waals surface area contributed by atoms with E-state index in [1.165, 1.54) is 12.1 Å². The van der Waals surface area contributed by atoms with E-state index in [0.717, 1.165) is 34.6 Å². The highest BCUT2D eigenvalue weighted by atomic mass is 19.1. The number of hydrogen-bond donors (Lipinski definition) is 0. The van der Waals surface area contributed by atoms with Crippen LogP contribution in [0.15, 0.2) is 41.5 Å². The summed E-state index contributed by atoms with van der Waals surface area (Å²) in [5.74, 6) is 0.285. The van der Waals surface area contributed by atoms with Crippen LogP contribution < -0.4 is 0 Å². The number of carbonyl (C=O) groups is 1. The second-order valence-corrected chi connectivity index (χ2v) is 7.29. The van der Waals surface area contributed by atoms with Gasteiger partial charge in [-0.15, -0.1) is 0 Å². The van der Waals surface area contributed by atoms with E-state index in [2.05, 4.69) is 21.8 Å². The van der Waals surface area contributed by atoms with E-state index >= 15 is 0 Å². The molecule has 0 bridgehead atoms. The van der Waals surface area contributed by atoms with E-state index in [9.17, 15) is 9.18 Å². The maximum Gasteiger partial charge on any atom is 0.139 e. The van der Waals surface area contributed by atoms with Gasteiger partial charge in [-0.25, -0.2) is 4.39 Å². The van der Waals surface area contributed by atoms with E-state index < -0.39 is 0 Å². The molecule has 2 heterocycles. The Bertz CT molecular complexity index is 828. The third-order valence-corrected chi connectivity index (χ3v) is 4.46. The summed E-state index contributed by atoms with van der Waals surface area (Å²) in [6.45, 7) is 3.57. The Morgan fingerprint density at radius 2 is 2.00 bits per heavy atom. The number of halogens is 1. The molecule has 4 nitrogen and oxygen atoms in total. The van der Waals surface area contributed by atoms with Crippen molar-refractivity contribution in [3.63, 3.8) is 0 Å². The Morgan fingerprint density at radius 3 is 2.69 bits per heavy atom. The van der Waals surface area contributed by atoms with Gasteiger partial charge in [0.15, 0.2) is 0 Å². The van der Waals surface area contributed by atoms with Crippen LogP contribution in [-0.2, 0) is 17.8 Å². The number of fused-ring (bicyclic) bond motifs is 1. The van der Waals surface area contributed by atoms with Crippen molar-refractivity contribution in [2.75, 3.05) is 20.6 Å². The van der Waals surface area contributed by atoms with Crippen LogP contribution in [0.25, 0.3) is 0 Å². The minimum atomic E-state index is -0.261. The third-order valence-electron chi connectivity index (χ3n) is 4.46. The molecule has 136 valence electrons. The summed E-state index contributed by atoms with van der Waals surface area (Å²) in [4.78, 5) is 23.4. The van der Waals surface area contributed by atoms with E-state index in [4.69, 9.17) is 0 Å². The number of Topliss-reactive ketones (excluding diaryl/α,β-unsaturated/α-hetero) is 1. The van der Waals surface area contributed by atoms with Crippen LogP contribution in [0.5, 0.6) is 0 Å². The molecule has 0 radical (unpaired) electrons. The smallest absolute Gasteiger partial charge is 0.139 e. The summed E-state index contributed by atoms with van der Waals surface area (Å²) in [5, 5.41) is 0.